The molecule has 23 heavy (non-hydrogen) atoms. The van der Waals surface area contributed by atoms with Crippen LogP contribution in [0.3, 0.4) is 0 Å². The summed E-state index contributed by atoms with van der Waals surface area (Å²) in [7, 11) is 0. The lowest BCUT2D eigenvalue weighted by molar-refractivity contribution is 0.582. The molecule has 110 valence electrons. The Morgan fingerprint density at radius 1 is 0.435 bits per heavy atom. The van der Waals surface area contributed by atoms with Gasteiger partial charge < -0.3 is 4.42 Å². The van der Waals surface area contributed by atoms with Crippen molar-refractivity contribution in [1.82, 2.24) is 0 Å². The lowest BCUT2D eigenvalue weighted by Crippen LogP contribution is -1.84. The monoisotopic (exact) mass is 296 g/mol. The molecular formula is C22H16O. The Morgan fingerprint density at radius 2 is 1.04 bits per heavy atom. The molecule has 0 fully saturated rings. The van der Waals surface area contributed by atoms with Gasteiger partial charge in [-0.05, 0) is 34.4 Å². The highest BCUT2D eigenvalue weighted by Gasteiger charge is 2.09. The summed E-state index contributed by atoms with van der Waals surface area (Å²) in [6.45, 7) is 0. The normalized spacial score (nSPS) is 10.6. The van der Waals surface area contributed by atoms with E-state index in [0.717, 1.165) is 11.3 Å². The van der Waals surface area contributed by atoms with E-state index in [4.69, 9.17) is 4.42 Å². The minimum Gasteiger partial charge on any atom is -0.464 e. The zero-order valence-electron chi connectivity index (χ0n) is 12.6. The predicted molar refractivity (Wildman–Crippen MR) is 95.0 cm³/mol. The average molecular weight is 296 g/mol. The highest BCUT2D eigenvalue weighted by Crippen LogP contribution is 2.33. The van der Waals surface area contributed by atoms with Gasteiger partial charge in [0.15, 0.2) is 0 Å². The molecule has 1 aromatic heterocycles. The zero-order chi connectivity index (χ0) is 15.5. The summed E-state index contributed by atoms with van der Waals surface area (Å²) in [6, 6.07) is 31.4. The Hall–Kier alpha value is -3.06. The number of furan rings is 1. The standard InChI is InChI=1S/C22H16O/c1-2-7-17(8-3-1)18-12-14-19(15-13-18)20-9-4-5-10-21(20)22-11-6-16-23-22/h1-16H. The van der Waals surface area contributed by atoms with Crippen LogP contribution in [0.4, 0.5) is 0 Å². The van der Waals surface area contributed by atoms with Crippen molar-refractivity contribution >= 4 is 0 Å². The lowest BCUT2D eigenvalue weighted by atomic mass is 9.96. The van der Waals surface area contributed by atoms with Crippen molar-refractivity contribution in [3.05, 3.63) is 97.3 Å². The molecule has 4 aromatic rings. The molecule has 1 heterocycles. The van der Waals surface area contributed by atoms with Crippen LogP contribution in [-0.4, -0.2) is 0 Å². The molecular weight excluding hydrogens is 280 g/mol. The van der Waals surface area contributed by atoms with Gasteiger partial charge in [-0.2, -0.15) is 0 Å². The summed E-state index contributed by atoms with van der Waals surface area (Å²) in [5.41, 5.74) is 5.95. The van der Waals surface area contributed by atoms with Crippen LogP contribution >= 0.6 is 0 Å². The first-order valence-electron chi connectivity index (χ1n) is 7.70. The minimum atomic E-state index is 0.896. The van der Waals surface area contributed by atoms with Gasteiger partial charge in [-0.1, -0.05) is 78.9 Å². The van der Waals surface area contributed by atoms with Crippen molar-refractivity contribution < 1.29 is 4.42 Å². The van der Waals surface area contributed by atoms with Gasteiger partial charge in [-0.3, -0.25) is 0 Å². The average Bonchev–Trinajstić information content (AvgIpc) is 3.17. The van der Waals surface area contributed by atoms with E-state index in [2.05, 4.69) is 66.7 Å². The first-order chi connectivity index (χ1) is 11.4. The molecule has 0 radical (unpaired) electrons. The Bertz CT molecular complexity index is 888. The predicted octanol–water partition coefficient (Wildman–Crippen LogP) is 6.28. The van der Waals surface area contributed by atoms with E-state index in [-0.39, 0.29) is 0 Å². The first-order valence-corrected chi connectivity index (χ1v) is 7.70. The summed E-state index contributed by atoms with van der Waals surface area (Å²) in [6.07, 6.45) is 1.71. The Labute approximate surface area is 135 Å². The molecule has 1 heteroatoms. The van der Waals surface area contributed by atoms with Crippen LogP contribution in [-0.2, 0) is 0 Å². The molecule has 0 bridgehead atoms. The maximum absolute atomic E-state index is 5.57. The van der Waals surface area contributed by atoms with Crippen molar-refractivity contribution in [2.45, 2.75) is 0 Å². The summed E-state index contributed by atoms with van der Waals surface area (Å²) < 4.78 is 5.57. The third-order valence-corrected chi connectivity index (χ3v) is 4.02. The van der Waals surface area contributed by atoms with Crippen LogP contribution in [0.1, 0.15) is 0 Å². The Morgan fingerprint density at radius 3 is 1.74 bits per heavy atom. The molecule has 0 atom stereocenters. The van der Waals surface area contributed by atoms with E-state index >= 15 is 0 Å². The SMILES string of the molecule is c1ccc(-c2ccc(-c3ccccc3-c3ccco3)cc2)cc1. The second-order valence-electron chi connectivity index (χ2n) is 5.47. The van der Waals surface area contributed by atoms with Gasteiger partial charge in [0.1, 0.15) is 5.76 Å². The highest BCUT2D eigenvalue weighted by molar-refractivity contribution is 5.82. The van der Waals surface area contributed by atoms with E-state index in [1.54, 1.807) is 6.26 Å². The topological polar surface area (TPSA) is 13.1 Å². The molecule has 0 amide bonds. The highest BCUT2D eigenvalue weighted by atomic mass is 16.3. The molecule has 0 unspecified atom stereocenters. The van der Waals surface area contributed by atoms with Crippen LogP contribution in [0.2, 0.25) is 0 Å². The van der Waals surface area contributed by atoms with Crippen LogP contribution in [0.15, 0.2) is 102 Å². The number of benzene rings is 3. The summed E-state index contributed by atoms with van der Waals surface area (Å²) in [5, 5.41) is 0. The van der Waals surface area contributed by atoms with Crippen LogP contribution < -0.4 is 0 Å². The lowest BCUT2D eigenvalue weighted by Gasteiger charge is -2.09. The van der Waals surface area contributed by atoms with E-state index in [0.29, 0.717) is 0 Å². The van der Waals surface area contributed by atoms with E-state index in [9.17, 15) is 0 Å². The maximum atomic E-state index is 5.57. The second kappa shape index (κ2) is 5.98. The van der Waals surface area contributed by atoms with Crippen molar-refractivity contribution in [3.8, 4) is 33.6 Å². The number of hydrogen-bond donors (Lipinski definition) is 0. The summed E-state index contributed by atoms with van der Waals surface area (Å²) in [4.78, 5) is 0. The largest absolute Gasteiger partial charge is 0.464 e. The molecule has 0 spiro atoms. The fraction of sp³-hybridized carbons (Fsp3) is 0. The van der Waals surface area contributed by atoms with Gasteiger partial charge in [0.05, 0.1) is 6.26 Å². The smallest absolute Gasteiger partial charge is 0.134 e. The van der Waals surface area contributed by atoms with Gasteiger partial charge in [-0.25, -0.2) is 0 Å². The molecule has 0 N–H and O–H groups in total. The molecule has 0 saturated carbocycles. The molecule has 3 aromatic carbocycles. The molecule has 0 aliphatic rings. The van der Waals surface area contributed by atoms with Gasteiger partial charge in [0.25, 0.3) is 0 Å². The molecule has 0 saturated heterocycles. The van der Waals surface area contributed by atoms with Crippen molar-refractivity contribution in [3.63, 3.8) is 0 Å². The summed E-state index contributed by atoms with van der Waals surface area (Å²) >= 11 is 0. The van der Waals surface area contributed by atoms with Gasteiger partial charge in [-0.15, -0.1) is 0 Å². The maximum Gasteiger partial charge on any atom is 0.134 e. The van der Waals surface area contributed by atoms with E-state index in [1.165, 1.54) is 22.3 Å². The van der Waals surface area contributed by atoms with E-state index in [1.807, 2.05) is 24.3 Å². The van der Waals surface area contributed by atoms with Crippen LogP contribution in [0, 0.1) is 0 Å². The quantitative estimate of drug-likeness (QED) is 0.433. The molecule has 1 nitrogen and oxygen atoms in total. The molecule has 4 rings (SSSR count). The van der Waals surface area contributed by atoms with Crippen molar-refractivity contribution in [2.75, 3.05) is 0 Å². The molecule has 0 aliphatic heterocycles. The van der Waals surface area contributed by atoms with Crippen LogP contribution in [0.5, 0.6) is 0 Å². The first kappa shape index (κ1) is 13.6. The number of rotatable bonds is 3. The van der Waals surface area contributed by atoms with Crippen molar-refractivity contribution in [2.24, 2.45) is 0 Å². The number of hydrogen-bond acceptors (Lipinski definition) is 1. The van der Waals surface area contributed by atoms with Gasteiger partial charge in [0.2, 0.25) is 0 Å². The zero-order valence-corrected chi connectivity index (χ0v) is 12.6. The van der Waals surface area contributed by atoms with Gasteiger partial charge in [0, 0.05) is 5.56 Å². The fourth-order valence-electron chi connectivity index (χ4n) is 2.85. The van der Waals surface area contributed by atoms with Crippen molar-refractivity contribution in [1.29, 1.82) is 0 Å². The molecule has 0 aliphatic carbocycles. The Balaban J connectivity index is 1.75. The fourth-order valence-corrected chi connectivity index (χ4v) is 2.85. The van der Waals surface area contributed by atoms with Crippen LogP contribution in [0.25, 0.3) is 33.6 Å². The Kier molecular flexibility index (Phi) is 3.53. The summed E-state index contributed by atoms with van der Waals surface area (Å²) in [5.74, 6) is 0.896. The van der Waals surface area contributed by atoms with E-state index < -0.39 is 0 Å². The van der Waals surface area contributed by atoms with Gasteiger partial charge >= 0.3 is 0 Å². The minimum absolute atomic E-state index is 0.896. The third-order valence-electron chi connectivity index (χ3n) is 4.02. The third kappa shape index (κ3) is 2.69. The second-order valence-corrected chi connectivity index (χ2v) is 5.47.